The Labute approximate surface area is 215 Å². The molecular weight excluding hydrogens is 453 g/mol. The summed E-state index contributed by atoms with van der Waals surface area (Å²) in [5.74, 6) is -0.568. The van der Waals surface area contributed by atoms with Crippen LogP contribution in [0.5, 0.6) is 0 Å². The van der Waals surface area contributed by atoms with Crippen LogP contribution in [0, 0.1) is 23.4 Å². The minimum absolute atomic E-state index is 0.141. The number of halogens is 3. The van der Waals surface area contributed by atoms with E-state index in [-0.39, 0.29) is 11.4 Å². The molecule has 1 fully saturated rings. The first kappa shape index (κ1) is 26.5. The monoisotopic (exact) mass is 492 g/mol. The molecule has 1 aliphatic rings. The highest BCUT2D eigenvalue weighted by atomic mass is 19.2. The second kappa shape index (κ2) is 12.6. The molecule has 0 amide bonds. The van der Waals surface area contributed by atoms with E-state index >= 15 is 4.39 Å². The molecule has 0 aromatic heterocycles. The lowest BCUT2D eigenvalue weighted by Gasteiger charge is -2.29. The second-order valence-corrected chi connectivity index (χ2v) is 10.5. The van der Waals surface area contributed by atoms with Crippen LogP contribution in [-0.4, -0.2) is 0 Å². The number of aryl methyl sites for hydroxylation is 1. The lowest BCUT2D eigenvalue weighted by Crippen LogP contribution is -2.14. The van der Waals surface area contributed by atoms with E-state index in [1.807, 2.05) is 24.3 Å². The third kappa shape index (κ3) is 6.22. The van der Waals surface area contributed by atoms with Crippen molar-refractivity contribution in [2.24, 2.45) is 5.92 Å². The van der Waals surface area contributed by atoms with Crippen LogP contribution < -0.4 is 0 Å². The molecule has 0 atom stereocenters. The first-order valence-corrected chi connectivity index (χ1v) is 13.9. The van der Waals surface area contributed by atoms with E-state index in [1.54, 1.807) is 30.3 Å². The highest BCUT2D eigenvalue weighted by Crippen LogP contribution is 2.39. The van der Waals surface area contributed by atoms with Gasteiger partial charge in [-0.2, -0.15) is 0 Å². The summed E-state index contributed by atoms with van der Waals surface area (Å²) in [6.07, 6.45) is 11.7. The smallest absolute Gasteiger partial charge is 0.166 e. The Morgan fingerprint density at radius 3 is 2.03 bits per heavy atom. The largest absolute Gasteiger partial charge is 0.207 e. The molecule has 0 aliphatic heterocycles. The average Bonchev–Trinajstić information content (AvgIpc) is 2.90. The van der Waals surface area contributed by atoms with Crippen LogP contribution in [0.2, 0.25) is 0 Å². The second-order valence-electron chi connectivity index (χ2n) is 10.5. The van der Waals surface area contributed by atoms with Gasteiger partial charge in [-0.25, -0.2) is 13.2 Å². The Morgan fingerprint density at radius 2 is 1.36 bits per heavy atom. The standard InChI is InChI=1S/C33H39F3/c1-3-5-6-7-9-27-18-21-30(33(36)32(27)35)26-16-14-24(15-17-26)28-19-20-29(31(34)22-28)25-12-10-23(8-4-2)11-13-25/h14-23,25H,3-13H2,1-2H3. The van der Waals surface area contributed by atoms with Crippen molar-refractivity contribution in [2.75, 3.05) is 0 Å². The molecule has 0 N–H and O–H groups in total. The normalized spacial score (nSPS) is 17.9. The molecule has 0 spiro atoms. The van der Waals surface area contributed by atoms with Gasteiger partial charge < -0.3 is 0 Å². The first-order valence-electron chi connectivity index (χ1n) is 13.9. The highest BCUT2D eigenvalue weighted by molar-refractivity contribution is 5.71. The SMILES string of the molecule is CCCCCCc1ccc(-c2ccc(-c3ccc(C4CCC(CCC)CC4)c(F)c3)cc2)c(F)c1F. The molecule has 1 aliphatic carbocycles. The van der Waals surface area contributed by atoms with E-state index in [0.717, 1.165) is 61.1 Å². The molecule has 0 unspecified atom stereocenters. The van der Waals surface area contributed by atoms with Gasteiger partial charge >= 0.3 is 0 Å². The summed E-state index contributed by atoms with van der Waals surface area (Å²) in [5.41, 5.74) is 3.82. The maximum atomic E-state index is 15.1. The van der Waals surface area contributed by atoms with Gasteiger partial charge in [-0.3, -0.25) is 0 Å². The minimum Gasteiger partial charge on any atom is -0.207 e. The molecule has 4 rings (SSSR count). The van der Waals surface area contributed by atoms with Gasteiger partial charge in [-0.15, -0.1) is 0 Å². The van der Waals surface area contributed by atoms with E-state index in [4.69, 9.17) is 0 Å². The first-order chi connectivity index (χ1) is 17.5. The van der Waals surface area contributed by atoms with Crippen LogP contribution in [0.15, 0.2) is 54.6 Å². The predicted octanol–water partition coefficient (Wildman–Crippen LogP) is 10.6. The third-order valence-electron chi connectivity index (χ3n) is 7.98. The van der Waals surface area contributed by atoms with Crippen LogP contribution in [0.4, 0.5) is 13.2 Å². The highest BCUT2D eigenvalue weighted by Gasteiger charge is 2.24. The molecule has 0 radical (unpaired) electrons. The van der Waals surface area contributed by atoms with Gasteiger partial charge in [0.25, 0.3) is 0 Å². The fourth-order valence-electron chi connectivity index (χ4n) is 5.80. The number of benzene rings is 3. The van der Waals surface area contributed by atoms with Crippen LogP contribution in [0.1, 0.15) is 95.1 Å². The van der Waals surface area contributed by atoms with Crippen LogP contribution in [-0.2, 0) is 6.42 Å². The summed E-state index contributed by atoms with van der Waals surface area (Å²) in [5, 5.41) is 0. The van der Waals surface area contributed by atoms with E-state index in [1.165, 1.54) is 25.7 Å². The molecule has 0 heterocycles. The van der Waals surface area contributed by atoms with Gasteiger partial charge in [0, 0.05) is 5.56 Å². The maximum Gasteiger partial charge on any atom is 0.166 e. The fraction of sp³-hybridized carbons (Fsp3) is 0.455. The Kier molecular flexibility index (Phi) is 9.29. The van der Waals surface area contributed by atoms with E-state index in [2.05, 4.69) is 13.8 Å². The van der Waals surface area contributed by atoms with E-state index < -0.39 is 11.6 Å². The van der Waals surface area contributed by atoms with Gasteiger partial charge in [0.05, 0.1) is 0 Å². The summed E-state index contributed by atoms with van der Waals surface area (Å²) < 4.78 is 44.6. The molecule has 3 heteroatoms. The van der Waals surface area contributed by atoms with Crippen LogP contribution in [0.3, 0.4) is 0 Å². The maximum absolute atomic E-state index is 15.1. The third-order valence-corrected chi connectivity index (χ3v) is 7.98. The molecule has 36 heavy (non-hydrogen) atoms. The molecule has 0 nitrogen and oxygen atoms in total. The molecule has 0 saturated heterocycles. The summed E-state index contributed by atoms with van der Waals surface area (Å²) in [6, 6.07) is 16.2. The van der Waals surface area contributed by atoms with E-state index in [0.29, 0.717) is 23.5 Å². The van der Waals surface area contributed by atoms with Crippen molar-refractivity contribution in [1.29, 1.82) is 0 Å². The summed E-state index contributed by atoms with van der Waals surface area (Å²) >= 11 is 0. The number of hydrogen-bond acceptors (Lipinski definition) is 0. The molecule has 192 valence electrons. The summed E-state index contributed by atoms with van der Waals surface area (Å²) in [7, 11) is 0. The van der Waals surface area contributed by atoms with Crippen LogP contribution >= 0.6 is 0 Å². The Balaban J connectivity index is 1.45. The van der Waals surface area contributed by atoms with Gasteiger partial charge in [0.15, 0.2) is 11.6 Å². The lowest BCUT2D eigenvalue weighted by atomic mass is 9.77. The average molecular weight is 493 g/mol. The molecule has 3 aromatic rings. The Bertz CT molecular complexity index is 1120. The van der Waals surface area contributed by atoms with Gasteiger partial charge in [0.2, 0.25) is 0 Å². The minimum atomic E-state index is -0.792. The zero-order chi connectivity index (χ0) is 25.5. The zero-order valence-corrected chi connectivity index (χ0v) is 21.8. The number of hydrogen-bond donors (Lipinski definition) is 0. The van der Waals surface area contributed by atoms with Crippen molar-refractivity contribution in [3.05, 3.63) is 83.2 Å². The number of unbranched alkanes of at least 4 members (excludes halogenated alkanes) is 3. The Morgan fingerprint density at radius 1 is 0.667 bits per heavy atom. The fourth-order valence-corrected chi connectivity index (χ4v) is 5.80. The molecule has 0 bridgehead atoms. The van der Waals surface area contributed by atoms with Crippen molar-refractivity contribution in [3.63, 3.8) is 0 Å². The quantitative estimate of drug-likeness (QED) is 0.247. The molecule has 1 saturated carbocycles. The molecule has 3 aromatic carbocycles. The summed E-state index contributed by atoms with van der Waals surface area (Å²) in [6.45, 7) is 4.36. The van der Waals surface area contributed by atoms with E-state index in [9.17, 15) is 8.78 Å². The number of rotatable bonds is 10. The topological polar surface area (TPSA) is 0 Å². The molecular formula is C33H39F3. The van der Waals surface area contributed by atoms with Gasteiger partial charge in [-0.1, -0.05) is 94.5 Å². The van der Waals surface area contributed by atoms with Crippen molar-refractivity contribution in [1.82, 2.24) is 0 Å². The van der Waals surface area contributed by atoms with Crippen LogP contribution in [0.25, 0.3) is 22.3 Å². The van der Waals surface area contributed by atoms with Crippen molar-refractivity contribution in [2.45, 2.75) is 90.4 Å². The van der Waals surface area contributed by atoms with Crippen molar-refractivity contribution < 1.29 is 13.2 Å². The predicted molar refractivity (Wildman–Crippen MR) is 145 cm³/mol. The lowest BCUT2D eigenvalue weighted by molar-refractivity contribution is 0.304. The Hall–Kier alpha value is -2.55. The van der Waals surface area contributed by atoms with Gasteiger partial charge in [-0.05, 0) is 84.2 Å². The van der Waals surface area contributed by atoms with Crippen molar-refractivity contribution in [3.8, 4) is 22.3 Å². The zero-order valence-electron chi connectivity index (χ0n) is 21.8. The van der Waals surface area contributed by atoms with Crippen molar-refractivity contribution >= 4 is 0 Å². The summed E-state index contributed by atoms with van der Waals surface area (Å²) in [4.78, 5) is 0. The van der Waals surface area contributed by atoms with Gasteiger partial charge in [0.1, 0.15) is 5.82 Å².